The Labute approximate surface area is 196 Å². The van der Waals surface area contributed by atoms with E-state index in [1.165, 1.54) is 22.3 Å². The molecule has 0 aliphatic rings. The monoisotopic (exact) mass is 438 g/mol. The molecule has 4 rings (SSSR count). The van der Waals surface area contributed by atoms with E-state index in [0.717, 1.165) is 31.2 Å². The molecule has 0 fully saturated rings. The van der Waals surface area contributed by atoms with Gasteiger partial charge in [-0.1, -0.05) is 97.1 Å². The van der Waals surface area contributed by atoms with E-state index in [0.29, 0.717) is 5.56 Å². The van der Waals surface area contributed by atoms with Gasteiger partial charge >= 0.3 is 5.97 Å². The number of rotatable bonds is 8. The normalized spacial score (nSPS) is 10.2. The van der Waals surface area contributed by atoms with Gasteiger partial charge in [-0.3, -0.25) is 0 Å². The third-order valence-corrected chi connectivity index (χ3v) is 5.50. The highest BCUT2D eigenvalue weighted by Crippen LogP contribution is 2.10. The van der Waals surface area contributed by atoms with Crippen molar-refractivity contribution in [1.29, 1.82) is 0 Å². The van der Waals surface area contributed by atoms with Crippen molar-refractivity contribution in [3.8, 4) is 0 Å². The van der Waals surface area contributed by atoms with Crippen molar-refractivity contribution in [3.63, 3.8) is 0 Å². The van der Waals surface area contributed by atoms with Crippen LogP contribution in [0.4, 0.5) is 0 Å². The molecule has 0 heterocycles. The maximum absolute atomic E-state index is 10.7. The summed E-state index contributed by atoms with van der Waals surface area (Å²) in [5.41, 5.74) is 6.47. The number of hydrogen-bond donors (Lipinski definition) is 2. The fourth-order valence-electron chi connectivity index (χ4n) is 3.49. The van der Waals surface area contributed by atoms with Crippen molar-refractivity contribution in [2.24, 2.45) is 0 Å². The first-order valence-corrected chi connectivity index (χ1v) is 11.2. The smallest absolute Gasteiger partial charge is 0.335 e. The minimum Gasteiger partial charge on any atom is -0.478 e. The number of aryl methyl sites for hydroxylation is 4. The molecular formula is C30H30O3. The predicted molar refractivity (Wildman–Crippen MR) is 133 cm³/mol. The Hall–Kier alpha value is -3.69. The molecule has 168 valence electrons. The molecule has 4 aromatic rings. The van der Waals surface area contributed by atoms with Gasteiger partial charge in [0.1, 0.15) is 0 Å². The summed E-state index contributed by atoms with van der Waals surface area (Å²) in [5, 5.41) is 17.7. The van der Waals surface area contributed by atoms with E-state index < -0.39 is 5.97 Å². The largest absolute Gasteiger partial charge is 0.478 e. The molecule has 0 spiro atoms. The molecule has 0 atom stereocenters. The van der Waals surface area contributed by atoms with Gasteiger partial charge in [0.2, 0.25) is 0 Å². The Morgan fingerprint density at radius 1 is 0.485 bits per heavy atom. The van der Waals surface area contributed by atoms with E-state index in [2.05, 4.69) is 48.5 Å². The van der Waals surface area contributed by atoms with Gasteiger partial charge in [0.05, 0.1) is 12.2 Å². The highest BCUT2D eigenvalue weighted by atomic mass is 16.4. The summed E-state index contributed by atoms with van der Waals surface area (Å²) in [5.74, 6) is -0.875. The van der Waals surface area contributed by atoms with Crippen LogP contribution in [0.1, 0.15) is 38.2 Å². The summed E-state index contributed by atoms with van der Waals surface area (Å²) in [4.78, 5) is 10.7. The number of aliphatic hydroxyl groups excluding tert-OH is 1. The molecule has 3 nitrogen and oxygen atoms in total. The van der Waals surface area contributed by atoms with E-state index in [9.17, 15) is 4.79 Å². The predicted octanol–water partition coefficient (Wildman–Crippen LogP) is 6.13. The zero-order chi connectivity index (χ0) is 23.3. The van der Waals surface area contributed by atoms with Crippen LogP contribution in [0.3, 0.4) is 0 Å². The second-order valence-corrected chi connectivity index (χ2v) is 7.95. The van der Waals surface area contributed by atoms with E-state index in [1.807, 2.05) is 48.5 Å². The minimum atomic E-state index is -0.875. The zero-order valence-corrected chi connectivity index (χ0v) is 18.7. The fraction of sp³-hybridized carbons (Fsp3) is 0.167. The summed E-state index contributed by atoms with van der Waals surface area (Å²) >= 11 is 0. The molecule has 4 aromatic carbocycles. The van der Waals surface area contributed by atoms with E-state index in [-0.39, 0.29) is 6.61 Å². The van der Waals surface area contributed by atoms with Crippen LogP contribution >= 0.6 is 0 Å². The first-order valence-electron chi connectivity index (χ1n) is 11.2. The lowest BCUT2D eigenvalue weighted by atomic mass is 10.0. The Balaban J connectivity index is 0.000000186. The summed E-state index contributed by atoms with van der Waals surface area (Å²) < 4.78 is 0. The van der Waals surface area contributed by atoms with Gasteiger partial charge in [0.15, 0.2) is 0 Å². The van der Waals surface area contributed by atoms with Crippen LogP contribution in [0.2, 0.25) is 0 Å². The molecular weight excluding hydrogens is 408 g/mol. The molecule has 0 bridgehead atoms. The highest BCUT2D eigenvalue weighted by molar-refractivity contribution is 5.87. The Bertz CT molecular complexity index is 1090. The first-order chi connectivity index (χ1) is 16.1. The van der Waals surface area contributed by atoms with Crippen molar-refractivity contribution < 1.29 is 15.0 Å². The van der Waals surface area contributed by atoms with Gasteiger partial charge in [-0.15, -0.1) is 0 Å². The third-order valence-electron chi connectivity index (χ3n) is 5.50. The number of carboxylic acid groups (broad SMARTS) is 1. The van der Waals surface area contributed by atoms with E-state index in [4.69, 9.17) is 10.2 Å². The summed E-state index contributed by atoms with van der Waals surface area (Å²) in [6.07, 6.45) is 4.03. The molecule has 2 N–H and O–H groups in total. The van der Waals surface area contributed by atoms with Gasteiger partial charge in [-0.25, -0.2) is 4.79 Å². The summed E-state index contributed by atoms with van der Waals surface area (Å²) in [7, 11) is 0. The lowest BCUT2D eigenvalue weighted by Crippen LogP contribution is -1.97. The van der Waals surface area contributed by atoms with Gasteiger partial charge in [0.25, 0.3) is 0 Å². The van der Waals surface area contributed by atoms with Crippen LogP contribution in [-0.2, 0) is 32.3 Å². The zero-order valence-electron chi connectivity index (χ0n) is 18.7. The SMILES string of the molecule is O=C(O)c1ccc(CCc2ccccc2)cc1.OCc1ccc(CCc2ccccc2)cc1. The number of carbonyl (C=O) groups is 1. The Kier molecular flexibility index (Phi) is 9.44. The van der Waals surface area contributed by atoms with Gasteiger partial charge in [0, 0.05) is 0 Å². The van der Waals surface area contributed by atoms with Crippen LogP contribution in [0.5, 0.6) is 0 Å². The first kappa shape index (κ1) is 24.0. The molecule has 0 radical (unpaired) electrons. The van der Waals surface area contributed by atoms with E-state index in [1.54, 1.807) is 12.1 Å². The molecule has 0 amide bonds. The fourth-order valence-corrected chi connectivity index (χ4v) is 3.49. The molecule has 0 aromatic heterocycles. The molecule has 0 saturated carbocycles. The Morgan fingerprint density at radius 2 is 0.818 bits per heavy atom. The molecule has 0 aliphatic carbocycles. The van der Waals surface area contributed by atoms with Gasteiger partial charge in [-0.2, -0.15) is 0 Å². The van der Waals surface area contributed by atoms with Crippen LogP contribution in [0.25, 0.3) is 0 Å². The van der Waals surface area contributed by atoms with Crippen molar-refractivity contribution in [3.05, 3.63) is 143 Å². The number of aromatic carboxylic acids is 1. The molecule has 0 unspecified atom stereocenters. The third kappa shape index (κ3) is 8.40. The molecule has 33 heavy (non-hydrogen) atoms. The molecule has 0 aliphatic heterocycles. The number of carboxylic acids is 1. The van der Waals surface area contributed by atoms with Crippen molar-refractivity contribution in [2.45, 2.75) is 32.3 Å². The van der Waals surface area contributed by atoms with E-state index >= 15 is 0 Å². The van der Waals surface area contributed by atoms with Crippen LogP contribution in [0.15, 0.2) is 109 Å². The number of benzene rings is 4. The minimum absolute atomic E-state index is 0.124. The van der Waals surface area contributed by atoms with Gasteiger partial charge < -0.3 is 10.2 Å². The lowest BCUT2D eigenvalue weighted by Gasteiger charge is -2.03. The maximum Gasteiger partial charge on any atom is 0.335 e. The molecule has 0 saturated heterocycles. The maximum atomic E-state index is 10.7. The van der Waals surface area contributed by atoms with Crippen molar-refractivity contribution in [1.82, 2.24) is 0 Å². The summed E-state index contributed by atoms with van der Waals surface area (Å²) in [6.45, 7) is 0.124. The molecule has 3 heteroatoms. The summed E-state index contributed by atoms with van der Waals surface area (Å²) in [6, 6.07) is 36.0. The average Bonchev–Trinajstić information content (AvgIpc) is 2.88. The standard InChI is InChI=1S/C15H14O2.C15H16O/c16-15(17)14-10-8-13(9-11-14)7-6-12-4-2-1-3-5-12;16-12-15-10-8-14(9-11-15)7-6-13-4-2-1-3-5-13/h1-5,8-11H,6-7H2,(H,16,17);1-5,8-11,16H,6-7,12H2. The van der Waals surface area contributed by atoms with Crippen molar-refractivity contribution in [2.75, 3.05) is 0 Å². The highest BCUT2D eigenvalue weighted by Gasteiger charge is 2.02. The quantitative estimate of drug-likeness (QED) is 0.348. The van der Waals surface area contributed by atoms with Crippen molar-refractivity contribution >= 4 is 5.97 Å². The number of aliphatic hydroxyl groups is 1. The topological polar surface area (TPSA) is 57.5 Å². The number of hydrogen-bond acceptors (Lipinski definition) is 2. The second-order valence-electron chi connectivity index (χ2n) is 7.95. The van der Waals surface area contributed by atoms with Crippen LogP contribution in [-0.4, -0.2) is 16.2 Å². The average molecular weight is 439 g/mol. The Morgan fingerprint density at radius 3 is 1.18 bits per heavy atom. The van der Waals surface area contributed by atoms with Crippen LogP contribution < -0.4 is 0 Å². The van der Waals surface area contributed by atoms with Gasteiger partial charge in [-0.05, 0) is 65.6 Å². The van der Waals surface area contributed by atoms with Crippen LogP contribution in [0, 0.1) is 0 Å². The second kappa shape index (κ2) is 13.0. The lowest BCUT2D eigenvalue weighted by molar-refractivity contribution is 0.0697.